The van der Waals surface area contributed by atoms with Crippen LogP contribution in [-0.4, -0.2) is 13.1 Å². The summed E-state index contributed by atoms with van der Waals surface area (Å²) in [6.07, 6.45) is 2.58. The third-order valence-corrected chi connectivity index (χ3v) is 2.38. The van der Waals surface area contributed by atoms with Crippen molar-refractivity contribution >= 4 is 5.97 Å². The Morgan fingerprint density at radius 3 is 2.38 bits per heavy atom. The highest BCUT2D eigenvalue weighted by atomic mass is 16.5. The molecule has 1 aromatic carbocycles. The molecule has 13 heavy (non-hydrogen) atoms. The zero-order valence-corrected chi connectivity index (χ0v) is 7.62. The SMILES string of the molecule is COC(=O)c1ccc(C2CC2)cc1. The molecule has 1 aliphatic carbocycles. The number of ether oxygens (including phenoxy) is 1. The van der Waals surface area contributed by atoms with E-state index in [1.807, 2.05) is 24.3 Å². The molecule has 2 nitrogen and oxygen atoms in total. The van der Waals surface area contributed by atoms with Crippen molar-refractivity contribution in [3.8, 4) is 0 Å². The molecule has 2 rings (SSSR count). The van der Waals surface area contributed by atoms with Gasteiger partial charge in [-0.3, -0.25) is 0 Å². The van der Waals surface area contributed by atoms with E-state index >= 15 is 0 Å². The van der Waals surface area contributed by atoms with Gasteiger partial charge >= 0.3 is 5.97 Å². The second-order valence-corrected chi connectivity index (χ2v) is 3.39. The molecule has 0 aliphatic heterocycles. The molecule has 0 saturated heterocycles. The number of hydrogen-bond acceptors (Lipinski definition) is 2. The third-order valence-electron chi connectivity index (χ3n) is 2.38. The van der Waals surface area contributed by atoms with Gasteiger partial charge in [0.25, 0.3) is 0 Å². The number of carbonyl (C=O) groups excluding carboxylic acids is 1. The molecule has 0 atom stereocenters. The van der Waals surface area contributed by atoms with Crippen LogP contribution in [0.15, 0.2) is 24.3 Å². The zero-order valence-electron chi connectivity index (χ0n) is 7.62. The molecule has 0 radical (unpaired) electrons. The minimum atomic E-state index is -0.262. The minimum absolute atomic E-state index is 0.262. The molecule has 0 N–H and O–H groups in total. The van der Waals surface area contributed by atoms with E-state index in [-0.39, 0.29) is 5.97 Å². The van der Waals surface area contributed by atoms with Crippen LogP contribution in [0.5, 0.6) is 0 Å². The summed E-state index contributed by atoms with van der Waals surface area (Å²) in [5.74, 6) is 0.481. The molecule has 1 aliphatic rings. The molecule has 0 spiro atoms. The zero-order chi connectivity index (χ0) is 9.26. The van der Waals surface area contributed by atoms with Gasteiger partial charge in [0, 0.05) is 0 Å². The molecular weight excluding hydrogens is 164 g/mol. The first-order valence-electron chi connectivity index (χ1n) is 4.49. The van der Waals surface area contributed by atoms with Crippen LogP contribution in [0, 0.1) is 0 Å². The Morgan fingerprint density at radius 2 is 1.92 bits per heavy atom. The lowest BCUT2D eigenvalue weighted by Crippen LogP contribution is -2.00. The van der Waals surface area contributed by atoms with Crippen LogP contribution in [0.1, 0.15) is 34.7 Å². The molecule has 0 bridgehead atoms. The van der Waals surface area contributed by atoms with Gasteiger partial charge in [0.2, 0.25) is 0 Å². The second kappa shape index (κ2) is 3.21. The maximum atomic E-state index is 11.1. The van der Waals surface area contributed by atoms with Crippen molar-refractivity contribution in [2.24, 2.45) is 0 Å². The number of rotatable bonds is 2. The predicted molar refractivity (Wildman–Crippen MR) is 49.8 cm³/mol. The number of methoxy groups -OCH3 is 1. The predicted octanol–water partition coefficient (Wildman–Crippen LogP) is 2.35. The average molecular weight is 176 g/mol. The van der Waals surface area contributed by atoms with E-state index in [2.05, 4.69) is 4.74 Å². The van der Waals surface area contributed by atoms with Crippen molar-refractivity contribution < 1.29 is 9.53 Å². The standard InChI is InChI=1S/C11H12O2/c1-13-11(12)10-6-4-9(5-7-10)8-2-3-8/h4-8H,2-3H2,1H3. The summed E-state index contributed by atoms with van der Waals surface area (Å²) in [5.41, 5.74) is 1.97. The first-order valence-corrected chi connectivity index (χ1v) is 4.49. The topological polar surface area (TPSA) is 26.3 Å². The lowest BCUT2D eigenvalue weighted by atomic mass is 10.1. The number of carbonyl (C=O) groups is 1. The number of hydrogen-bond donors (Lipinski definition) is 0. The van der Waals surface area contributed by atoms with E-state index in [0.717, 1.165) is 5.92 Å². The van der Waals surface area contributed by atoms with E-state index in [9.17, 15) is 4.79 Å². The molecule has 0 amide bonds. The fraction of sp³-hybridized carbons (Fsp3) is 0.364. The Hall–Kier alpha value is -1.31. The van der Waals surface area contributed by atoms with E-state index in [1.165, 1.54) is 25.5 Å². The second-order valence-electron chi connectivity index (χ2n) is 3.39. The maximum absolute atomic E-state index is 11.1. The summed E-state index contributed by atoms with van der Waals surface area (Å²) in [4.78, 5) is 11.1. The monoisotopic (exact) mass is 176 g/mol. The third kappa shape index (κ3) is 1.72. The van der Waals surface area contributed by atoms with Gasteiger partial charge in [-0.1, -0.05) is 12.1 Å². The van der Waals surface area contributed by atoms with Crippen LogP contribution in [-0.2, 0) is 4.74 Å². The summed E-state index contributed by atoms with van der Waals surface area (Å²) in [6, 6.07) is 7.70. The summed E-state index contributed by atoms with van der Waals surface area (Å²) in [7, 11) is 1.40. The van der Waals surface area contributed by atoms with Crippen LogP contribution in [0.2, 0.25) is 0 Å². The van der Waals surface area contributed by atoms with Gasteiger partial charge in [-0.2, -0.15) is 0 Å². The van der Waals surface area contributed by atoms with Gasteiger partial charge in [0.1, 0.15) is 0 Å². The lowest BCUT2D eigenvalue weighted by molar-refractivity contribution is 0.0600. The average Bonchev–Trinajstić information content (AvgIpc) is 3.00. The largest absolute Gasteiger partial charge is 0.465 e. The van der Waals surface area contributed by atoms with E-state index in [0.29, 0.717) is 5.56 Å². The van der Waals surface area contributed by atoms with Crippen LogP contribution in [0.4, 0.5) is 0 Å². The van der Waals surface area contributed by atoms with Crippen molar-refractivity contribution in [1.82, 2.24) is 0 Å². The minimum Gasteiger partial charge on any atom is -0.465 e. The Kier molecular flexibility index (Phi) is 2.05. The summed E-state index contributed by atoms with van der Waals surface area (Å²) in [6.45, 7) is 0. The molecule has 68 valence electrons. The Labute approximate surface area is 77.5 Å². The molecule has 0 unspecified atom stereocenters. The normalized spacial score (nSPS) is 15.5. The van der Waals surface area contributed by atoms with Gasteiger partial charge in [-0.05, 0) is 36.5 Å². The fourth-order valence-corrected chi connectivity index (χ4v) is 1.43. The van der Waals surface area contributed by atoms with Crippen molar-refractivity contribution in [3.63, 3.8) is 0 Å². The van der Waals surface area contributed by atoms with Gasteiger partial charge in [-0.25, -0.2) is 4.79 Å². The van der Waals surface area contributed by atoms with E-state index in [1.54, 1.807) is 0 Å². The summed E-state index contributed by atoms with van der Waals surface area (Å²) < 4.78 is 4.61. The van der Waals surface area contributed by atoms with Crippen LogP contribution in [0.3, 0.4) is 0 Å². The first-order chi connectivity index (χ1) is 6.31. The molecular formula is C11H12O2. The quantitative estimate of drug-likeness (QED) is 0.646. The highest BCUT2D eigenvalue weighted by Crippen LogP contribution is 2.39. The van der Waals surface area contributed by atoms with Gasteiger partial charge in [-0.15, -0.1) is 0 Å². The first kappa shape index (κ1) is 8.30. The van der Waals surface area contributed by atoms with Gasteiger partial charge < -0.3 is 4.74 Å². The molecule has 1 aromatic rings. The van der Waals surface area contributed by atoms with Gasteiger partial charge in [0.15, 0.2) is 0 Å². The smallest absolute Gasteiger partial charge is 0.337 e. The van der Waals surface area contributed by atoms with Crippen molar-refractivity contribution in [2.75, 3.05) is 7.11 Å². The van der Waals surface area contributed by atoms with Gasteiger partial charge in [0.05, 0.1) is 12.7 Å². The number of esters is 1. The molecule has 0 aromatic heterocycles. The molecule has 2 heteroatoms. The maximum Gasteiger partial charge on any atom is 0.337 e. The highest BCUT2D eigenvalue weighted by molar-refractivity contribution is 5.89. The Balaban J connectivity index is 2.17. The van der Waals surface area contributed by atoms with E-state index < -0.39 is 0 Å². The highest BCUT2D eigenvalue weighted by Gasteiger charge is 2.23. The Morgan fingerprint density at radius 1 is 1.31 bits per heavy atom. The summed E-state index contributed by atoms with van der Waals surface area (Å²) >= 11 is 0. The molecule has 0 heterocycles. The molecule has 1 saturated carbocycles. The van der Waals surface area contributed by atoms with Crippen molar-refractivity contribution in [2.45, 2.75) is 18.8 Å². The van der Waals surface area contributed by atoms with E-state index in [4.69, 9.17) is 0 Å². The molecule has 1 fully saturated rings. The number of benzene rings is 1. The Bertz CT molecular complexity index is 309. The van der Waals surface area contributed by atoms with Crippen LogP contribution < -0.4 is 0 Å². The fourth-order valence-electron chi connectivity index (χ4n) is 1.43. The van der Waals surface area contributed by atoms with Crippen molar-refractivity contribution in [3.05, 3.63) is 35.4 Å². The lowest BCUT2D eigenvalue weighted by Gasteiger charge is -2.00. The summed E-state index contributed by atoms with van der Waals surface area (Å²) in [5, 5.41) is 0. The van der Waals surface area contributed by atoms with Crippen molar-refractivity contribution in [1.29, 1.82) is 0 Å². The van der Waals surface area contributed by atoms with Crippen LogP contribution in [0.25, 0.3) is 0 Å². The van der Waals surface area contributed by atoms with Crippen LogP contribution >= 0.6 is 0 Å².